The smallest absolute Gasteiger partial charge is 0.416 e. The van der Waals surface area contributed by atoms with E-state index < -0.39 is 11.7 Å². The van der Waals surface area contributed by atoms with Gasteiger partial charge in [0, 0.05) is 19.6 Å². The molecule has 1 fully saturated rings. The number of alkyl halides is 3. The van der Waals surface area contributed by atoms with Gasteiger partial charge in [-0.05, 0) is 41.8 Å². The molecule has 0 unspecified atom stereocenters. The van der Waals surface area contributed by atoms with Gasteiger partial charge >= 0.3 is 12.2 Å². The van der Waals surface area contributed by atoms with E-state index in [1.54, 1.807) is 24.1 Å². The molecule has 0 aliphatic carbocycles. The fourth-order valence-corrected chi connectivity index (χ4v) is 5.07. The second-order valence-corrected chi connectivity index (χ2v) is 8.84. The van der Waals surface area contributed by atoms with Crippen molar-refractivity contribution in [2.45, 2.75) is 31.7 Å². The molecule has 1 atom stereocenters. The normalized spacial score (nSPS) is 18.1. The zero-order chi connectivity index (χ0) is 24.6. The number of carbonyl (C=O) groups is 1. The average molecular weight is 482 g/mol. The van der Waals surface area contributed by atoms with Crippen LogP contribution >= 0.6 is 0 Å². The van der Waals surface area contributed by atoms with E-state index >= 15 is 0 Å². The van der Waals surface area contributed by atoms with Crippen molar-refractivity contribution in [2.75, 3.05) is 30.0 Å². The molecule has 0 saturated carbocycles. The summed E-state index contributed by atoms with van der Waals surface area (Å²) in [4.78, 5) is 19.2. The Morgan fingerprint density at radius 3 is 2.40 bits per heavy atom. The second-order valence-electron chi connectivity index (χ2n) is 8.84. The Kier molecular flexibility index (Phi) is 6.05. The number of nitrogens with zero attached hydrogens (tertiary/aromatic N) is 3. The lowest BCUT2D eigenvalue weighted by atomic mass is 10.0. The van der Waals surface area contributed by atoms with E-state index in [9.17, 15) is 18.0 Å². The predicted octanol–water partition coefficient (Wildman–Crippen LogP) is 5.94. The molecule has 3 aromatic carbocycles. The van der Waals surface area contributed by atoms with Gasteiger partial charge in [-0.3, -0.25) is 4.90 Å². The van der Waals surface area contributed by atoms with Crippen LogP contribution < -0.4 is 14.5 Å². The van der Waals surface area contributed by atoms with E-state index in [0.29, 0.717) is 18.8 Å². The third-order valence-electron chi connectivity index (χ3n) is 6.78. The lowest BCUT2D eigenvalue weighted by molar-refractivity contribution is -0.138. The van der Waals surface area contributed by atoms with Gasteiger partial charge in [-0.25, -0.2) is 4.79 Å². The molecule has 0 bridgehead atoms. The van der Waals surface area contributed by atoms with Gasteiger partial charge in [0.15, 0.2) is 0 Å². The molecule has 2 aliphatic rings. The molecule has 0 spiro atoms. The predicted molar refractivity (Wildman–Crippen MR) is 129 cm³/mol. The van der Waals surface area contributed by atoms with Gasteiger partial charge in [0.2, 0.25) is 0 Å². The standard InChI is InChI=1S/C27H26F3N3O2/c1-35-25-13-7-6-12-24(25)31-15-14-21(18-31)32-17-20-9-3-5-11-23(20)33(26(32)34)16-19-8-2-4-10-22(19)27(28,29)30/h2-13,21H,14-18H2,1H3/t21-/m1/s1. The van der Waals surface area contributed by atoms with E-state index in [0.717, 1.165) is 36.0 Å². The van der Waals surface area contributed by atoms with Crippen LogP contribution in [0, 0.1) is 0 Å². The maximum absolute atomic E-state index is 13.7. The fraction of sp³-hybridized carbons (Fsp3) is 0.296. The topological polar surface area (TPSA) is 36.0 Å². The first-order valence-corrected chi connectivity index (χ1v) is 11.6. The summed E-state index contributed by atoms with van der Waals surface area (Å²) < 4.78 is 46.5. The van der Waals surface area contributed by atoms with Gasteiger partial charge in [-0.2, -0.15) is 13.2 Å². The van der Waals surface area contributed by atoms with Gasteiger partial charge in [0.1, 0.15) is 5.75 Å². The number of amides is 2. The minimum Gasteiger partial charge on any atom is -0.495 e. The summed E-state index contributed by atoms with van der Waals surface area (Å²) in [6, 6.07) is 20.3. The number of methoxy groups -OCH3 is 1. The molecule has 3 aromatic rings. The van der Waals surface area contributed by atoms with Crippen LogP contribution in [0.5, 0.6) is 5.75 Å². The number of anilines is 2. The van der Waals surface area contributed by atoms with Crippen molar-refractivity contribution in [1.29, 1.82) is 0 Å². The van der Waals surface area contributed by atoms with E-state index in [-0.39, 0.29) is 24.2 Å². The van der Waals surface area contributed by atoms with E-state index in [4.69, 9.17) is 4.74 Å². The number of para-hydroxylation sites is 3. The highest BCUT2D eigenvalue weighted by Crippen LogP contribution is 2.37. The lowest BCUT2D eigenvalue weighted by Crippen LogP contribution is -2.52. The first kappa shape index (κ1) is 23.1. The van der Waals surface area contributed by atoms with Crippen LogP contribution in [0.1, 0.15) is 23.1 Å². The summed E-state index contributed by atoms with van der Waals surface area (Å²) in [6.45, 7) is 1.66. The third kappa shape index (κ3) is 4.40. The number of carbonyl (C=O) groups excluding carboxylic acids is 1. The number of hydrogen-bond donors (Lipinski definition) is 0. The highest BCUT2D eigenvalue weighted by atomic mass is 19.4. The van der Waals surface area contributed by atoms with Crippen molar-refractivity contribution in [1.82, 2.24) is 4.90 Å². The Morgan fingerprint density at radius 1 is 0.943 bits per heavy atom. The fourth-order valence-electron chi connectivity index (χ4n) is 5.07. The molecule has 5 nitrogen and oxygen atoms in total. The van der Waals surface area contributed by atoms with Crippen molar-refractivity contribution in [3.05, 3.63) is 89.5 Å². The van der Waals surface area contributed by atoms with Crippen LogP contribution in [0.4, 0.5) is 29.3 Å². The monoisotopic (exact) mass is 481 g/mol. The molecule has 5 rings (SSSR count). The summed E-state index contributed by atoms with van der Waals surface area (Å²) >= 11 is 0. The lowest BCUT2D eigenvalue weighted by Gasteiger charge is -2.40. The number of fused-ring (bicyclic) bond motifs is 1. The summed E-state index contributed by atoms with van der Waals surface area (Å²) in [5.41, 5.74) is 1.91. The molecule has 0 aromatic heterocycles. The molecule has 182 valence electrons. The van der Waals surface area contributed by atoms with Gasteiger partial charge in [-0.1, -0.05) is 48.5 Å². The zero-order valence-corrected chi connectivity index (χ0v) is 19.3. The maximum atomic E-state index is 13.7. The number of hydrogen-bond acceptors (Lipinski definition) is 3. The van der Waals surface area contributed by atoms with Crippen molar-refractivity contribution in [2.24, 2.45) is 0 Å². The van der Waals surface area contributed by atoms with E-state index in [2.05, 4.69) is 4.90 Å². The summed E-state index contributed by atoms with van der Waals surface area (Å²) in [6.07, 6.45) is -3.73. The van der Waals surface area contributed by atoms with Crippen molar-refractivity contribution < 1.29 is 22.7 Å². The minimum absolute atomic E-state index is 0.0684. The first-order valence-electron chi connectivity index (χ1n) is 11.6. The summed E-state index contributed by atoms with van der Waals surface area (Å²) in [5, 5.41) is 0. The molecule has 35 heavy (non-hydrogen) atoms. The van der Waals surface area contributed by atoms with E-state index in [1.165, 1.54) is 17.0 Å². The summed E-state index contributed by atoms with van der Waals surface area (Å²) in [5.74, 6) is 0.772. The van der Waals surface area contributed by atoms with E-state index in [1.807, 2.05) is 42.5 Å². The second kappa shape index (κ2) is 9.17. The van der Waals surface area contributed by atoms with Crippen molar-refractivity contribution in [3.63, 3.8) is 0 Å². The molecule has 2 amide bonds. The molecule has 0 N–H and O–H groups in total. The van der Waals surface area contributed by atoms with Crippen LogP contribution in [0.3, 0.4) is 0 Å². The quantitative estimate of drug-likeness (QED) is 0.453. The van der Waals surface area contributed by atoms with Crippen molar-refractivity contribution >= 4 is 17.4 Å². The Labute approximate surface area is 202 Å². The molecular formula is C27H26F3N3O2. The first-order chi connectivity index (χ1) is 16.9. The number of benzene rings is 3. The van der Waals surface area contributed by atoms with Gasteiger partial charge < -0.3 is 14.5 Å². The molecular weight excluding hydrogens is 455 g/mol. The van der Waals surface area contributed by atoms with Crippen LogP contribution in [0.15, 0.2) is 72.8 Å². The van der Waals surface area contributed by atoms with Crippen LogP contribution in [0.2, 0.25) is 0 Å². The van der Waals surface area contributed by atoms with Gasteiger partial charge in [0.05, 0.1) is 36.6 Å². The Balaban J connectivity index is 1.44. The van der Waals surface area contributed by atoms with Crippen LogP contribution in [-0.2, 0) is 19.3 Å². The number of halogens is 3. The molecule has 2 heterocycles. The number of ether oxygens (including phenoxy) is 1. The largest absolute Gasteiger partial charge is 0.495 e. The molecule has 0 radical (unpaired) electrons. The minimum atomic E-state index is -4.49. The highest BCUT2D eigenvalue weighted by Gasteiger charge is 2.39. The Morgan fingerprint density at radius 2 is 1.63 bits per heavy atom. The summed E-state index contributed by atoms with van der Waals surface area (Å²) in [7, 11) is 1.63. The van der Waals surface area contributed by atoms with Crippen molar-refractivity contribution in [3.8, 4) is 5.75 Å². The van der Waals surface area contributed by atoms with Gasteiger partial charge in [0.25, 0.3) is 0 Å². The molecule has 8 heteroatoms. The third-order valence-corrected chi connectivity index (χ3v) is 6.78. The Bertz CT molecular complexity index is 1230. The molecule has 2 aliphatic heterocycles. The molecule has 1 saturated heterocycles. The van der Waals surface area contributed by atoms with Crippen LogP contribution in [0.25, 0.3) is 0 Å². The average Bonchev–Trinajstić information content (AvgIpc) is 3.35. The zero-order valence-electron chi connectivity index (χ0n) is 19.3. The highest BCUT2D eigenvalue weighted by molar-refractivity contribution is 5.95. The van der Waals surface area contributed by atoms with Gasteiger partial charge in [-0.15, -0.1) is 0 Å². The maximum Gasteiger partial charge on any atom is 0.416 e. The SMILES string of the molecule is COc1ccccc1N1CC[C@@H](N2Cc3ccccc3N(Cc3ccccc3C(F)(F)F)C2=O)C1. The number of urea groups is 1. The Hall–Kier alpha value is -3.68. The van der Waals surface area contributed by atoms with Crippen LogP contribution in [-0.4, -0.2) is 37.2 Å². The number of rotatable bonds is 5.